The third-order valence-corrected chi connectivity index (χ3v) is 3.89. The van der Waals surface area contributed by atoms with Crippen LogP contribution in [0.1, 0.15) is 5.56 Å². The highest BCUT2D eigenvalue weighted by atomic mass is 35.5. The van der Waals surface area contributed by atoms with Gasteiger partial charge in [0.1, 0.15) is 5.75 Å². The van der Waals surface area contributed by atoms with Gasteiger partial charge in [0.05, 0.1) is 19.0 Å². The topological polar surface area (TPSA) is 72.0 Å². The van der Waals surface area contributed by atoms with Crippen molar-refractivity contribution in [1.82, 2.24) is 15.2 Å². The summed E-state index contributed by atoms with van der Waals surface area (Å²) in [6.07, 6.45) is 1.54. The maximum absolute atomic E-state index is 6.03. The molecule has 0 aliphatic heterocycles. The minimum atomic E-state index is 0.317. The maximum Gasteiger partial charge on any atom is 0.249 e. The van der Waals surface area contributed by atoms with Crippen LogP contribution in [-0.2, 0) is 0 Å². The zero-order valence-corrected chi connectivity index (χ0v) is 15.1. The molecule has 0 unspecified atom stereocenters. The van der Waals surface area contributed by atoms with Crippen LogP contribution >= 0.6 is 23.2 Å². The van der Waals surface area contributed by atoms with Gasteiger partial charge in [0.15, 0.2) is 5.82 Å². The normalized spacial score (nSPS) is 10.4. The Bertz CT molecular complexity index is 904. The number of aromatic nitrogens is 3. The molecule has 25 heavy (non-hydrogen) atoms. The summed E-state index contributed by atoms with van der Waals surface area (Å²) in [5.41, 5.74) is 2.53. The number of rotatable bonds is 5. The minimum Gasteiger partial charge on any atom is -0.495 e. The molecule has 0 saturated carbocycles. The van der Waals surface area contributed by atoms with Gasteiger partial charge >= 0.3 is 0 Å². The SMILES string of the molecule is COc1ccc(Cl)cc1Nc1nncc(Nc2ccc(Cl)cc2C)n1. The van der Waals surface area contributed by atoms with Crippen molar-refractivity contribution in [3.63, 3.8) is 0 Å². The van der Waals surface area contributed by atoms with E-state index >= 15 is 0 Å². The van der Waals surface area contributed by atoms with Crippen molar-refractivity contribution in [3.8, 4) is 5.75 Å². The molecule has 3 aromatic rings. The Kier molecular flexibility index (Phi) is 5.21. The zero-order valence-electron chi connectivity index (χ0n) is 13.5. The standard InChI is InChI=1S/C17H15Cl2N5O/c1-10-7-11(18)3-5-13(10)21-16-9-20-24-17(23-16)22-14-8-12(19)4-6-15(14)25-2/h3-9H,1-2H3,(H2,21,22,23,24). The molecule has 2 aromatic carbocycles. The molecular formula is C17H15Cl2N5O. The van der Waals surface area contributed by atoms with Gasteiger partial charge in [0.2, 0.25) is 5.95 Å². The Morgan fingerprint density at radius 2 is 1.72 bits per heavy atom. The van der Waals surface area contributed by atoms with E-state index in [-0.39, 0.29) is 0 Å². The predicted octanol–water partition coefficient (Wildman–Crippen LogP) is 4.98. The van der Waals surface area contributed by atoms with Gasteiger partial charge in [-0.1, -0.05) is 23.2 Å². The first-order valence-electron chi connectivity index (χ1n) is 7.38. The van der Waals surface area contributed by atoms with Crippen molar-refractivity contribution >= 4 is 46.3 Å². The molecule has 0 saturated heterocycles. The fraction of sp³-hybridized carbons (Fsp3) is 0.118. The van der Waals surface area contributed by atoms with E-state index in [1.165, 1.54) is 6.20 Å². The average Bonchev–Trinajstić information content (AvgIpc) is 2.58. The van der Waals surface area contributed by atoms with E-state index < -0.39 is 0 Å². The number of hydrogen-bond acceptors (Lipinski definition) is 6. The van der Waals surface area contributed by atoms with Crippen molar-refractivity contribution in [2.24, 2.45) is 0 Å². The molecule has 8 heteroatoms. The van der Waals surface area contributed by atoms with E-state index in [1.807, 2.05) is 25.1 Å². The Morgan fingerprint density at radius 3 is 2.48 bits per heavy atom. The molecule has 0 amide bonds. The van der Waals surface area contributed by atoms with Crippen LogP contribution in [0.3, 0.4) is 0 Å². The van der Waals surface area contributed by atoms with E-state index in [9.17, 15) is 0 Å². The lowest BCUT2D eigenvalue weighted by Gasteiger charge is -2.12. The van der Waals surface area contributed by atoms with Crippen LogP contribution in [0.2, 0.25) is 10.0 Å². The Morgan fingerprint density at radius 1 is 0.960 bits per heavy atom. The van der Waals surface area contributed by atoms with Crippen molar-refractivity contribution in [3.05, 3.63) is 58.2 Å². The lowest BCUT2D eigenvalue weighted by Crippen LogP contribution is -2.04. The zero-order chi connectivity index (χ0) is 17.8. The van der Waals surface area contributed by atoms with Crippen LogP contribution in [-0.4, -0.2) is 22.3 Å². The number of methoxy groups -OCH3 is 1. The molecule has 3 rings (SSSR count). The predicted molar refractivity (Wildman–Crippen MR) is 101 cm³/mol. The Hall–Kier alpha value is -2.57. The molecule has 0 fully saturated rings. The Balaban J connectivity index is 1.83. The summed E-state index contributed by atoms with van der Waals surface area (Å²) in [6, 6.07) is 10.8. The first-order chi connectivity index (χ1) is 12.0. The van der Waals surface area contributed by atoms with Gasteiger partial charge in [-0.05, 0) is 48.9 Å². The molecule has 1 aromatic heterocycles. The van der Waals surface area contributed by atoms with Crippen LogP contribution in [0.25, 0.3) is 0 Å². The van der Waals surface area contributed by atoms with Gasteiger partial charge < -0.3 is 15.4 Å². The number of aryl methyl sites for hydroxylation is 1. The maximum atomic E-state index is 6.03. The lowest BCUT2D eigenvalue weighted by atomic mass is 10.2. The highest BCUT2D eigenvalue weighted by Gasteiger charge is 2.08. The number of benzene rings is 2. The lowest BCUT2D eigenvalue weighted by molar-refractivity contribution is 0.417. The number of nitrogens with zero attached hydrogens (tertiary/aromatic N) is 3. The number of halogens is 2. The van der Waals surface area contributed by atoms with Gasteiger partial charge in [-0.25, -0.2) is 0 Å². The largest absolute Gasteiger partial charge is 0.495 e. The molecule has 0 atom stereocenters. The molecule has 0 aliphatic rings. The molecule has 6 nitrogen and oxygen atoms in total. The van der Waals surface area contributed by atoms with Gasteiger partial charge in [-0.2, -0.15) is 10.1 Å². The van der Waals surface area contributed by atoms with Crippen molar-refractivity contribution in [2.45, 2.75) is 6.92 Å². The summed E-state index contributed by atoms with van der Waals surface area (Å²) in [4.78, 5) is 4.40. The molecule has 1 heterocycles. The summed E-state index contributed by atoms with van der Waals surface area (Å²) >= 11 is 12.0. The number of anilines is 4. The molecule has 2 N–H and O–H groups in total. The summed E-state index contributed by atoms with van der Waals surface area (Å²) in [5.74, 6) is 1.49. The third-order valence-electron chi connectivity index (χ3n) is 3.42. The second kappa shape index (κ2) is 7.55. The fourth-order valence-electron chi connectivity index (χ4n) is 2.22. The van der Waals surface area contributed by atoms with E-state index in [0.717, 1.165) is 11.3 Å². The third kappa shape index (κ3) is 4.29. The van der Waals surface area contributed by atoms with Gasteiger partial charge in [-0.15, -0.1) is 5.10 Å². The van der Waals surface area contributed by atoms with Gasteiger partial charge in [0, 0.05) is 15.7 Å². The first-order valence-corrected chi connectivity index (χ1v) is 8.14. The van der Waals surface area contributed by atoms with Gasteiger partial charge in [0.25, 0.3) is 0 Å². The van der Waals surface area contributed by atoms with E-state index in [2.05, 4.69) is 25.8 Å². The van der Waals surface area contributed by atoms with Gasteiger partial charge in [-0.3, -0.25) is 0 Å². The van der Waals surface area contributed by atoms with E-state index in [4.69, 9.17) is 27.9 Å². The second-order valence-corrected chi connectivity index (χ2v) is 6.09. The van der Waals surface area contributed by atoms with Crippen LogP contribution in [0.5, 0.6) is 5.75 Å². The minimum absolute atomic E-state index is 0.317. The summed E-state index contributed by atoms with van der Waals surface area (Å²) in [5, 5.41) is 15.5. The molecule has 0 aliphatic carbocycles. The summed E-state index contributed by atoms with van der Waals surface area (Å²) in [7, 11) is 1.58. The van der Waals surface area contributed by atoms with Crippen molar-refractivity contribution in [1.29, 1.82) is 0 Å². The fourth-order valence-corrected chi connectivity index (χ4v) is 2.62. The number of hydrogen-bond donors (Lipinski definition) is 2. The number of ether oxygens (including phenoxy) is 1. The van der Waals surface area contributed by atoms with E-state index in [1.54, 1.807) is 25.3 Å². The highest BCUT2D eigenvalue weighted by molar-refractivity contribution is 6.31. The molecule has 128 valence electrons. The first kappa shape index (κ1) is 17.3. The smallest absolute Gasteiger partial charge is 0.249 e. The summed E-state index contributed by atoms with van der Waals surface area (Å²) < 4.78 is 5.30. The van der Waals surface area contributed by atoms with Crippen LogP contribution in [0.15, 0.2) is 42.6 Å². The van der Waals surface area contributed by atoms with Crippen LogP contribution in [0.4, 0.5) is 23.1 Å². The monoisotopic (exact) mass is 375 g/mol. The molecule has 0 spiro atoms. The quantitative estimate of drug-likeness (QED) is 0.654. The highest BCUT2D eigenvalue weighted by Crippen LogP contribution is 2.30. The van der Waals surface area contributed by atoms with E-state index in [0.29, 0.717) is 33.2 Å². The van der Waals surface area contributed by atoms with Crippen LogP contribution < -0.4 is 15.4 Å². The Labute approximate surface area is 155 Å². The second-order valence-electron chi connectivity index (χ2n) is 5.22. The van der Waals surface area contributed by atoms with Crippen molar-refractivity contribution < 1.29 is 4.74 Å². The number of nitrogens with one attached hydrogen (secondary N) is 2. The average molecular weight is 376 g/mol. The molecule has 0 bridgehead atoms. The molecular weight excluding hydrogens is 361 g/mol. The molecule has 0 radical (unpaired) electrons. The van der Waals surface area contributed by atoms with Crippen molar-refractivity contribution in [2.75, 3.05) is 17.7 Å². The summed E-state index contributed by atoms with van der Waals surface area (Å²) in [6.45, 7) is 1.96. The van der Waals surface area contributed by atoms with Crippen LogP contribution in [0, 0.1) is 6.92 Å².